The van der Waals surface area contributed by atoms with Gasteiger partial charge in [0, 0.05) is 21.1 Å². The van der Waals surface area contributed by atoms with Crippen molar-refractivity contribution in [1.82, 2.24) is 15.8 Å². The van der Waals surface area contributed by atoms with Crippen LogP contribution >= 0.6 is 15.9 Å². The number of fused-ring (bicyclic) bond motifs is 1. The van der Waals surface area contributed by atoms with Gasteiger partial charge in [-0.3, -0.25) is 25.2 Å². The zero-order chi connectivity index (χ0) is 17.8. The number of amides is 2. The number of aromatic nitrogens is 1. The highest BCUT2D eigenvalue weighted by Gasteiger charge is 2.10. The van der Waals surface area contributed by atoms with Crippen LogP contribution in [0.15, 0.2) is 63.9 Å². The largest absolute Gasteiger partial charge is 0.322 e. The number of H-pyrrole nitrogens is 1. The Morgan fingerprint density at radius 2 is 1.72 bits per heavy atom. The summed E-state index contributed by atoms with van der Waals surface area (Å²) in [6.07, 6.45) is -0.138. The van der Waals surface area contributed by atoms with Gasteiger partial charge in [0.2, 0.25) is 5.91 Å². The fourth-order valence-electron chi connectivity index (χ4n) is 2.34. The number of rotatable bonds is 3. The van der Waals surface area contributed by atoms with Crippen molar-refractivity contribution in [3.05, 3.63) is 80.6 Å². The first-order valence-electron chi connectivity index (χ1n) is 7.48. The van der Waals surface area contributed by atoms with Crippen LogP contribution in [0.1, 0.15) is 15.9 Å². The molecule has 0 atom stereocenters. The summed E-state index contributed by atoms with van der Waals surface area (Å²) >= 11 is 3.28. The van der Waals surface area contributed by atoms with Gasteiger partial charge in [0.15, 0.2) is 0 Å². The van der Waals surface area contributed by atoms with Gasteiger partial charge in [0.1, 0.15) is 0 Å². The number of hydrogen-bond donors (Lipinski definition) is 3. The van der Waals surface area contributed by atoms with E-state index in [9.17, 15) is 14.4 Å². The van der Waals surface area contributed by atoms with Crippen molar-refractivity contribution in [1.29, 1.82) is 0 Å². The minimum atomic E-state index is -0.480. The number of benzene rings is 2. The van der Waals surface area contributed by atoms with Crippen molar-refractivity contribution >= 4 is 38.6 Å². The molecule has 0 saturated heterocycles. The maximum atomic E-state index is 12.0. The van der Waals surface area contributed by atoms with Crippen LogP contribution in [-0.2, 0) is 11.2 Å². The smallest absolute Gasteiger partial charge is 0.269 e. The second-order valence-electron chi connectivity index (χ2n) is 5.40. The highest BCUT2D eigenvalue weighted by molar-refractivity contribution is 9.10. The lowest BCUT2D eigenvalue weighted by atomic mass is 10.1. The maximum Gasteiger partial charge on any atom is 0.269 e. The Kier molecular flexibility index (Phi) is 4.95. The van der Waals surface area contributed by atoms with Gasteiger partial charge in [-0.15, -0.1) is 0 Å². The van der Waals surface area contributed by atoms with Crippen LogP contribution in [0.2, 0.25) is 0 Å². The molecule has 0 aliphatic carbocycles. The first-order chi connectivity index (χ1) is 12.0. The molecule has 0 unspecified atom stereocenters. The summed E-state index contributed by atoms with van der Waals surface area (Å²) in [5.74, 6) is -0.917. The van der Waals surface area contributed by atoms with Gasteiger partial charge in [0.25, 0.3) is 11.5 Å². The number of pyridine rings is 1. The van der Waals surface area contributed by atoms with Gasteiger partial charge >= 0.3 is 0 Å². The number of halogens is 1. The van der Waals surface area contributed by atoms with E-state index < -0.39 is 11.8 Å². The molecule has 126 valence electrons. The summed E-state index contributed by atoms with van der Waals surface area (Å²) in [6, 6.07) is 15.7. The molecule has 3 rings (SSSR count). The zero-order valence-electron chi connectivity index (χ0n) is 13.0. The predicted octanol–water partition coefficient (Wildman–Crippen LogP) is 2.29. The zero-order valence-corrected chi connectivity index (χ0v) is 14.6. The van der Waals surface area contributed by atoms with Gasteiger partial charge in [0.05, 0.1) is 6.42 Å². The van der Waals surface area contributed by atoms with Crippen LogP contribution in [0.25, 0.3) is 10.9 Å². The van der Waals surface area contributed by atoms with Crippen LogP contribution in [0, 0.1) is 0 Å². The predicted molar refractivity (Wildman–Crippen MR) is 98.0 cm³/mol. The second kappa shape index (κ2) is 7.31. The molecule has 3 aromatic rings. The molecule has 0 aliphatic rings. The summed E-state index contributed by atoms with van der Waals surface area (Å²) in [5.41, 5.74) is 5.77. The molecule has 1 heterocycles. The number of carbonyl (C=O) groups is 2. The summed E-state index contributed by atoms with van der Waals surface area (Å²) in [4.78, 5) is 38.7. The molecule has 3 N–H and O–H groups in total. The van der Waals surface area contributed by atoms with Gasteiger partial charge in [-0.2, -0.15) is 0 Å². The Balaban J connectivity index is 1.64. The molecule has 0 aliphatic heterocycles. The first-order valence-corrected chi connectivity index (χ1v) is 8.28. The summed E-state index contributed by atoms with van der Waals surface area (Å²) in [6.45, 7) is 0. The standard InChI is InChI=1S/C18H14BrN3O3/c19-14-7-5-11(6-8-14)18(25)22-21-16(23)10-13-9-12-3-1-2-4-15(12)20-17(13)24/h1-9H,10H2,(H,20,24)(H,21,23)(H,22,25). The van der Waals surface area contributed by atoms with Gasteiger partial charge in [-0.25, -0.2) is 0 Å². The number of nitrogens with one attached hydrogen (secondary N) is 3. The summed E-state index contributed by atoms with van der Waals surface area (Å²) in [7, 11) is 0. The molecule has 0 bridgehead atoms. The topological polar surface area (TPSA) is 91.1 Å². The third kappa shape index (κ3) is 4.13. The third-order valence-corrected chi connectivity index (χ3v) is 4.13. The van der Waals surface area contributed by atoms with Crippen molar-refractivity contribution in [2.24, 2.45) is 0 Å². The molecule has 0 saturated carbocycles. The fraction of sp³-hybridized carbons (Fsp3) is 0.0556. The molecule has 2 aromatic carbocycles. The maximum absolute atomic E-state index is 12.0. The molecule has 0 radical (unpaired) electrons. The lowest BCUT2D eigenvalue weighted by Crippen LogP contribution is -2.42. The fourth-order valence-corrected chi connectivity index (χ4v) is 2.61. The van der Waals surface area contributed by atoms with Gasteiger partial charge in [-0.1, -0.05) is 34.1 Å². The number of aromatic amines is 1. The Hall–Kier alpha value is -2.93. The van der Waals surface area contributed by atoms with Crippen LogP contribution in [0.4, 0.5) is 0 Å². The van der Waals surface area contributed by atoms with E-state index in [1.165, 1.54) is 0 Å². The highest BCUT2D eigenvalue weighted by atomic mass is 79.9. The molecule has 0 fully saturated rings. The number of carbonyl (C=O) groups excluding carboxylic acids is 2. The normalized spacial score (nSPS) is 10.4. The van der Waals surface area contributed by atoms with E-state index >= 15 is 0 Å². The van der Waals surface area contributed by atoms with E-state index in [-0.39, 0.29) is 12.0 Å². The third-order valence-electron chi connectivity index (χ3n) is 3.60. The lowest BCUT2D eigenvalue weighted by molar-refractivity contribution is -0.121. The Labute approximate surface area is 151 Å². The van der Waals surface area contributed by atoms with E-state index in [2.05, 4.69) is 31.8 Å². The van der Waals surface area contributed by atoms with Crippen LogP contribution in [-0.4, -0.2) is 16.8 Å². The van der Waals surface area contributed by atoms with Gasteiger partial charge in [-0.05, 0) is 41.8 Å². The van der Waals surface area contributed by atoms with E-state index in [4.69, 9.17) is 0 Å². The average Bonchev–Trinajstić information content (AvgIpc) is 2.61. The molecular weight excluding hydrogens is 386 g/mol. The Morgan fingerprint density at radius 3 is 2.48 bits per heavy atom. The molecular formula is C18H14BrN3O3. The summed E-state index contributed by atoms with van der Waals surface area (Å²) in [5, 5.41) is 0.837. The van der Waals surface area contributed by atoms with Crippen molar-refractivity contribution in [2.45, 2.75) is 6.42 Å². The monoisotopic (exact) mass is 399 g/mol. The Bertz CT molecular complexity index is 996. The summed E-state index contributed by atoms with van der Waals surface area (Å²) < 4.78 is 0.851. The molecule has 2 amide bonds. The van der Waals surface area contributed by atoms with Crippen molar-refractivity contribution < 1.29 is 9.59 Å². The minimum Gasteiger partial charge on any atom is -0.322 e. The van der Waals surface area contributed by atoms with E-state index in [0.717, 1.165) is 9.86 Å². The van der Waals surface area contributed by atoms with Crippen LogP contribution in [0.3, 0.4) is 0 Å². The molecule has 6 nitrogen and oxygen atoms in total. The highest BCUT2D eigenvalue weighted by Crippen LogP contribution is 2.11. The van der Waals surface area contributed by atoms with Crippen LogP contribution in [0.5, 0.6) is 0 Å². The van der Waals surface area contributed by atoms with Crippen molar-refractivity contribution in [3.8, 4) is 0 Å². The Morgan fingerprint density at radius 1 is 1.00 bits per heavy atom. The minimum absolute atomic E-state index is 0.138. The number of hydrazine groups is 1. The lowest BCUT2D eigenvalue weighted by Gasteiger charge is -2.08. The second-order valence-corrected chi connectivity index (χ2v) is 6.31. The first kappa shape index (κ1) is 16.9. The molecule has 7 heteroatoms. The van der Waals surface area contributed by atoms with Crippen LogP contribution < -0.4 is 16.4 Å². The average molecular weight is 400 g/mol. The van der Waals surface area contributed by atoms with E-state index in [1.54, 1.807) is 36.4 Å². The van der Waals surface area contributed by atoms with E-state index in [0.29, 0.717) is 16.6 Å². The molecule has 0 spiro atoms. The SMILES string of the molecule is O=C(Cc1cc2ccccc2[nH]c1=O)NNC(=O)c1ccc(Br)cc1. The molecule has 25 heavy (non-hydrogen) atoms. The molecule has 1 aromatic heterocycles. The van der Waals surface area contributed by atoms with Crippen molar-refractivity contribution in [2.75, 3.05) is 0 Å². The van der Waals surface area contributed by atoms with Crippen molar-refractivity contribution in [3.63, 3.8) is 0 Å². The number of para-hydroxylation sites is 1. The van der Waals surface area contributed by atoms with E-state index in [1.807, 2.05) is 18.2 Å². The number of hydrogen-bond acceptors (Lipinski definition) is 3. The quantitative estimate of drug-likeness (QED) is 0.590. The van der Waals surface area contributed by atoms with Gasteiger partial charge < -0.3 is 4.98 Å².